The van der Waals surface area contributed by atoms with E-state index in [2.05, 4.69) is 21.4 Å². The van der Waals surface area contributed by atoms with Gasteiger partial charge in [0.15, 0.2) is 0 Å². The fourth-order valence-electron chi connectivity index (χ4n) is 4.42. The molecule has 1 aromatic carbocycles. The van der Waals surface area contributed by atoms with Gasteiger partial charge in [0, 0.05) is 37.6 Å². The molecule has 3 rings (SSSR count). The van der Waals surface area contributed by atoms with Crippen molar-refractivity contribution in [1.29, 1.82) is 5.26 Å². The summed E-state index contributed by atoms with van der Waals surface area (Å²) < 4.78 is 0. The number of imidazole rings is 1. The first-order chi connectivity index (χ1) is 17.4. The highest BCUT2D eigenvalue weighted by Crippen LogP contribution is 2.21. The van der Waals surface area contributed by atoms with Gasteiger partial charge in [-0.05, 0) is 49.0 Å². The van der Waals surface area contributed by atoms with Gasteiger partial charge in [-0.3, -0.25) is 14.5 Å². The number of aliphatic carboxylic acids is 1. The Kier molecular flexibility index (Phi) is 10.3. The van der Waals surface area contributed by atoms with Crippen molar-refractivity contribution >= 4 is 29.5 Å². The number of thioether (sulfide) groups is 1. The summed E-state index contributed by atoms with van der Waals surface area (Å²) in [7, 11) is 0. The molecule has 0 bridgehead atoms. The van der Waals surface area contributed by atoms with Crippen molar-refractivity contribution in [2.24, 2.45) is 0 Å². The zero-order chi connectivity index (χ0) is 25.9. The Morgan fingerprint density at radius 2 is 2.25 bits per heavy atom. The molecule has 192 valence electrons. The first-order valence-electron chi connectivity index (χ1n) is 11.9. The van der Waals surface area contributed by atoms with Crippen molar-refractivity contribution in [2.45, 2.75) is 44.3 Å². The molecule has 2 heterocycles. The largest absolute Gasteiger partial charge is 0.480 e. The van der Waals surface area contributed by atoms with E-state index in [4.69, 9.17) is 0 Å². The summed E-state index contributed by atoms with van der Waals surface area (Å²) in [4.78, 5) is 48.2. The number of aromatic amines is 1. The smallest absolute Gasteiger partial charge is 0.326 e. The lowest BCUT2D eigenvalue weighted by atomic mass is 10.1. The average molecular weight is 513 g/mol. The van der Waals surface area contributed by atoms with Crippen molar-refractivity contribution in [1.82, 2.24) is 25.1 Å². The Morgan fingerprint density at radius 1 is 1.42 bits per heavy atom. The third kappa shape index (κ3) is 8.10. The summed E-state index contributed by atoms with van der Waals surface area (Å²) in [5.41, 5.74) is 2.14. The number of carbonyl (C=O) groups is 3. The van der Waals surface area contributed by atoms with Crippen LogP contribution in [0.25, 0.3) is 0 Å². The van der Waals surface area contributed by atoms with Crippen LogP contribution in [-0.4, -0.2) is 86.4 Å². The summed E-state index contributed by atoms with van der Waals surface area (Å²) in [5.74, 6) is -0.817. The van der Waals surface area contributed by atoms with Crippen molar-refractivity contribution in [3.63, 3.8) is 0 Å². The third-order valence-corrected chi connectivity index (χ3v) is 6.78. The standard InChI is InChI=1S/C25H32N6O4S/c1-36-9-7-22(25(34)35)29-23(32)16-30(14-19-5-2-4-18(10-19)12-26)15-21-6-3-8-31(21)24(33)11-20-13-27-17-28-20/h2,4-5,10,13,17,21-22H,3,6-9,11,14-16H2,1H3,(H,27,28)(H,29,32)(H,34,35)/t21-,22?/m0/s1. The number of carboxylic acid groups (broad SMARTS) is 1. The van der Waals surface area contributed by atoms with Crippen LogP contribution in [0.3, 0.4) is 0 Å². The van der Waals surface area contributed by atoms with Crippen molar-refractivity contribution < 1.29 is 19.5 Å². The van der Waals surface area contributed by atoms with Gasteiger partial charge in [-0.1, -0.05) is 12.1 Å². The van der Waals surface area contributed by atoms with Gasteiger partial charge in [0.05, 0.1) is 30.9 Å². The summed E-state index contributed by atoms with van der Waals surface area (Å²) in [6, 6.07) is 8.29. The van der Waals surface area contributed by atoms with Crippen LogP contribution in [0.2, 0.25) is 0 Å². The van der Waals surface area contributed by atoms with Gasteiger partial charge in [0.2, 0.25) is 11.8 Å². The number of likely N-dealkylation sites (tertiary alicyclic amines) is 1. The van der Waals surface area contributed by atoms with E-state index in [-0.39, 0.29) is 30.8 Å². The monoisotopic (exact) mass is 512 g/mol. The first-order valence-corrected chi connectivity index (χ1v) is 13.3. The predicted molar refractivity (Wildman–Crippen MR) is 136 cm³/mol. The van der Waals surface area contributed by atoms with Gasteiger partial charge in [-0.15, -0.1) is 0 Å². The molecule has 1 fully saturated rings. The van der Waals surface area contributed by atoms with E-state index in [1.54, 1.807) is 30.7 Å². The summed E-state index contributed by atoms with van der Waals surface area (Å²) in [6.07, 6.45) is 7.33. The molecule has 1 saturated heterocycles. The van der Waals surface area contributed by atoms with E-state index in [1.165, 1.54) is 11.8 Å². The number of hydrogen-bond donors (Lipinski definition) is 3. The van der Waals surface area contributed by atoms with E-state index < -0.39 is 12.0 Å². The molecule has 1 aromatic heterocycles. The van der Waals surface area contributed by atoms with Crippen molar-refractivity contribution in [3.8, 4) is 6.07 Å². The van der Waals surface area contributed by atoms with Gasteiger partial charge in [0.25, 0.3) is 0 Å². The Bertz CT molecular complexity index is 1070. The second-order valence-electron chi connectivity index (χ2n) is 8.86. The Hall–Kier alpha value is -3.36. The molecule has 1 aliphatic rings. The van der Waals surface area contributed by atoms with E-state index >= 15 is 0 Å². The van der Waals surface area contributed by atoms with Gasteiger partial charge < -0.3 is 20.3 Å². The highest BCUT2D eigenvalue weighted by atomic mass is 32.2. The molecule has 2 aromatic rings. The van der Waals surface area contributed by atoms with Gasteiger partial charge in [-0.2, -0.15) is 17.0 Å². The molecule has 11 heteroatoms. The number of hydrogen-bond acceptors (Lipinski definition) is 7. The lowest BCUT2D eigenvalue weighted by Gasteiger charge is -2.31. The van der Waals surface area contributed by atoms with Crippen LogP contribution in [0.15, 0.2) is 36.8 Å². The van der Waals surface area contributed by atoms with Gasteiger partial charge in [0.1, 0.15) is 6.04 Å². The maximum atomic E-state index is 13.0. The number of nitrogens with one attached hydrogen (secondary N) is 2. The van der Waals surface area contributed by atoms with Crippen LogP contribution in [0.5, 0.6) is 0 Å². The number of nitrogens with zero attached hydrogens (tertiary/aromatic N) is 4. The summed E-state index contributed by atoms with van der Waals surface area (Å²) in [5, 5.41) is 21.4. The molecule has 0 spiro atoms. The van der Waals surface area contributed by atoms with Crippen molar-refractivity contribution in [2.75, 3.05) is 31.6 Å². The number of carbonyl (C=O) groups excluding carboxylic acids is 2. The SMILES string of the molecule is CSCCC(NC(=O)CN(Cc1cccc(C#N)c1)C[C@@H]1CCCN1C(=O)Cc1cnc[nH]1)C(=O)O. The van der Waals surface area contributed by atoms with Crippen LogP contribution in [0.1, 0.15) is 36.1 Å². The minimum absolute atomic E-state index is 0.000589. The minimum Gasteiger partial charge on any atom is -0.480 e. The molecule has 1 aliphatic heterocycles. The second-order valence-corrected chi connectivity index (χ2v) is 9.84. The third-order valence-electron chi connectivity index (χ3n) is 6.14. The summed E-state index contributed by atoms with van der Waals surface area (Å²) >= 11 is 1.52. The molecular weight excluding hydrogens is 480 g/mol. The van der Waals surface area contributed by atoms with Gasteiger partial charge >= 0.3 is 5.97 Å². The number of rotatable bonds is 13. The van der Waals surface area contributed by atoms with E-state index in [0.717, 1.165) is 24.1 Å². The molecular formula is C25H32N6O4S. The van der Waals surface area contributed by atoms with E-state index in [0.29, 0.717) is 37.4 Å². The van der Waals surface area contributed by atoms with Crippen LogP contribution in [0.4, 0.5) is 0 Å². The first kappa shape index (κ1) is 27.2. The Morgan fingerprint density at radius 3 is 2.94 bits per heavy atom. The molecule has 3 N–H and O–H groups in total. The zero-order valence-corrected chi connectivity index (χ0v) is 21.2. The van der Waals surface area contributed by atoms with E-state index in [1.807, 2.05) is 22.1 Å². The number of amides is 2. The topological polar surface area (TPSA) is 142 Å². The zero-order valence-electron chi connectivity index (χ0n) is 20.4. The normalized spacial score (nSPS) is 16.0. The molecule has 36 heavy (non-hydrogen) atoms. The molecule has 0 saturated carbocycles. The number of benzene rings is 1. The molecule has 0 radical (unpaired) electrons. The van der Waals surface area contributed by atoms with Crippen LogP contribution < -0.4 is 5.32 Å². The number of H-pyrrole nitrogens is 1. The van der Waals surface area contributed by atoms with Crippen LogP contribution in [0, 0.1) is 11.3 Å². The number of aromatic nitrogens is 2. The Balaban J connectivity index is 1.71. The molecule has 0 aliphatic carbocycles. The number of nitriles is 1. The summed E-state index contributed by atoms with van der Waals surface area (Å²) in [6.45, 7) is 1.49. The highest BCUT2D eigenvalue weighted by Gasteiger charge is 2.31. The molecule has 10 nitrogen and oxygen atoms in total. The van der Waals surface area contributed by atoms with Crippen LogP contribution in [-0.2, 0) is 27.3 Å². The van der Waals surface area contributed by atoms with Crippen molar-refractivity contribution in [3.05, 3.63) is 53.6 Å². The maximum absolute atomic E-state index is 13.0. The molecule has 1 unspecified atom stereocenters. The lowest BCUT2D eigenvalue weighted by Crippen LogP contribution is -2.49. The Labute approximate surface area is 215 Å². The predicted octanol–water partition coefficient (Wildman–Crippen LogP) is 1.64. The highest BCUT2D eigenvalue weighted by molar-refractivity contribution is 7.98. The fraction of sp³-hybridized carbons (Fsp3) is 0.480. The minimum atomic E-state index is -1.06. The maximum Gasteiger partial charge on any atom is 0.326 e. The average Bonchev–Trinajstić information content (AvgIpc) is 3.53. The van der Waals surface area contributed by atoms with Gasteiger partial charge in [-0.25, -0.2) is 9.78 Å². The molecule has 2 atom stereocenters. The second kappa shape index (κ2) is 13.7. The quantitative estimate of drug-likeness (QED) is 0.368. The lowest BCUT2D eigenvalue weighted by molar-refractivity contribution is -0.142. The fourth-order valence-corrected chi connectivity index (χ4v) is 4.89. The van der Waals surface area contributed by atoms with Crippen LogP contribution >= 0.6 is 11.8 Å². The molecule has 2 amide bonds. The van der Waals surface area contributed by atoms with E-state index in [9.17, 15) is 24.8 Å². The number of carboxylic acids is 1.